The van der Waals surface area contributed by atoms with Crippen LogP contribution >= 0.6 is 0 Å². The SMILES string of the molecule is CC(C)(/C=C(/C#N)C(=O)N1CCCC(n2nc(-c3ccc(Oc4ccccc4)cc3F)c3c(N)ncnc32)C1)N1CCC1. The van der Waals surface area contributed by atoms with Crippen LogP contribution in [0, 0.1) is 17.1 Å². The third-order valence-corrected chi connectivity index (χ3v) is 8.24. The predicted octanol–water partition coefficient (Wildman–Crippen LogP) is 5.10. The molecule has 43 heavy (non-hydrogen) atoms. The highest BCUT2D eigenvalue weighted by molar-refractivity contribution is 5.99. The number of fused-ring (bicyclic) bond motifs is 1. The normalized spacial score (nSPS) is 17.9. The maximum Gasteiger partial charge on any atom is 0.264 e. The number of amides is 1. The molecule has 0 radical (unpaired) electrons. The van der Waals surface area contributed by atoms with E-state index in [-0.39, 0.29) is 34.4 Å². The summed E-state index contributed by atoms with van der Waals surface area (Å²) in [5.74, 6) is 0.295. The zero-order valence-electron chi connectivity index (χ0n) is 24.2. The monoisotopic (exact) mass is 580 g/mol. The van der Waals surface area contributed by atoms with Gasteiger partial charge in [-0.15, -0.1) is 0 Å². The number of rotatable bonds is 7. The number of carbonyl (C=O) groups is 1. The van der Waals surface area contributed by atoms with Gasteiger partial charge in [-0.1, -0.05) is 18.2 Å². The molecule has 11 heteroatoms. The number of carbonyl (C=O) groups excluding carboxylic acids is 1. The van der Waals surface area contributed by atoms with Crippen LogP contribution in [0.15, 0.2) is 66.5 Å². The summed E-state index contributed by atoms with van der Waals surface area (Å²) in [7, 11) is 0. The lowest BCUT2D eigenvalue weighted by molar-refractivity contribution is -0.128. The number of para-hydroxylation sites is 1. The summed E-state index contributed by atoms with van der Waals surface area (Å²) in [4.78, 5) is 26.1. The van der Waals surface area contributed by atoms with Crippen molar-refractivity contribution in [2.45, 2.75) is 44.7 Å². The van der Waals surface area contributed by atoms with E-state index in [1.807, 2.05) is 32.0 Å². The molecule has 2 aromatic carbocycles. The fourth-order valence-electron chi connectivity index (χ4n) is 5.80. The van der Waals surface area contributed by atoms with Crippen molar-refractivity contribution >= 4 is 22.8 Å². The quantitative estimate of drug-likeness (QED) is 0.236. The lowest BCUT2D eigenvalue weighted by Crippen LogP contribution is -2.51. The molecule has 220 valence electrons. The standard InChI is InChI=1S/C32H33FN8O2/c1-32(2,40-14-7-15-40)17-21(18-34)31(42)39-13-6-8-22(19-39)41-30-27(29(35)36-20-37-30)28(38-41)25-12-11-24(16-26(25)33)43-23-9-4-3-5-10-23/h3-5,9-12,16-17,20,22H,6-8,13-15,19H2,1-2H3,(H2,35,36,37)/b21-17-. The van der Waals surface area contributed by atoms with Crippen molar-refractivity contribution in [3.63, 3.8) is 0 Å². The largest absolute Gasteiger partial charge is 0.457 e. The molecule has 1 atom stereocenters. The Morgan fingerprint density at radius 3 is 2.60 bits per heavy atom. The maximum atomic E-state index is 15.6. The van der Waals surface area contributed by atoms with Gasteiger partial charge >= 0.3 is 0 Å². The number of benzene rings is 2. The number of nitrogen functional groups attached to an aromatic ring is 1. The van der Waals surface area contributed by atoms with Crippen molar-refractivity contribution < 1.29 is 13.9 Å². The fourth-order valence-corrected chi connectivity index (χ4v) is 5.80. The van der Waals surface area contributed by atoms with Crippen LogP contribution in [0.3, 0.4) is 0 Å². The van der Waals surface area contributed by atoms with E-state index in [0.717, 1.165) is 25.9 Å². The highest BCUT2D eigenvalue weighted by Crippen LogP contribution is 2.36. The zero-order chi connectivity index (χ0) is 30.1. The Balaban J connectivity index is 1.30. The lowest BCUT2D eigenvalue weighted by atomic mass is 9.94. The molecule has 1 amide bonds. The number of nitriles is 1. The first-order valence-corrected chi connectivity index (χ1v) is 14.4. The van der Waals surface area contributed by atoms with E-state index < -0.39 is 5.82 Å². The number of aromatic nitrogens is 4. The summed E-state index contributed by atoms with van der Waals surface area (Å²) in [6.07, 6.45) is 5.68. The van der Waals surface area contributed by atoms with Crippen molar-refractivity contribution in [1.82, 2.24) is 29.5 Å². The average Bonchev–Trinajstić information content (AvgIpc) is 3.36. The van der Waals surface area contributed by atoms with Gasteiger partial charge in [0, 0.05) is 43.3 Å². The first-order valence-electron chi connectivity index (χ1n) is 14.4. The summed E-state index contributed by atoms with van der Waals surface area (Å²) < 4.78 is 23.1. The van der Waals surface area contributed by atoms with Crippen LogP contribution in [0.1, 0.15) is 39.2 Å². The van der Waals surface area contributed by atoms with E-state index in [0.29, 0.717) is 47.7 Å². The summed E-state index contributed by atoms with van der Waals surface area (Å²) >= 11 is 0. The van der Waals surface area contributed by atoms with Crippen LogP contribution in [-0.4, -0.2) is 67.2 Å². The second-order valence-corrected chi connectivity index (χ2v) is 11.5. The van der Waals surface area contributed by atoms with Crippen molar-refractivity contribution in [3.05, 3.63) is 72.3 Å². The van der Waals surface area contributed by atoms with Crippen LogP contribution in [0.25, 0.3) is 22.3 Å². The Morgan fingerprint density at radius 1 is 1.12 bits per heavy atom. The van der Waals surface area contributed by atoms with Gasteiger partial charge in [0.1, 0.15) is 46.8 Å². The third-order valence-electron chi connectivity index (χ3n) is 8.24. The van der Waals surface area contributed by atoms with Crippen molar-refractivity contribution in [2.75, 3.05) is 31.9 Å². The highest BCUT2D eigenvalue weighted by Gasteiger charge is 2.34. The van der Waals surface area contributed by atoms with Gasteiger partial charge in [0.15, 0.2) is 5.65 Å². The number of nitrogens with two attached hydrogens (primary N) is 1. The van der Waals surface area contributed by atoms with Gasteiger partial charge in [-0.2, -0.15) is 10.4 Å². The van der Waals surface area contributed by atoms with Crippen molar-refractivity contribution in [1.29, 1.82) is 5.26 Å². The number of halogens is 1. The Hall–Kier alpha value is -4.82. The van der Waals surface area contributed by atoms with Crippen LogP contribution in [0.2, 0.25) is 0 Å². The summed E-state index contributed by atoms with van der Waals surface area (Å²) in [5.41, 5.74) is 7.04. The highest BCUT2D eigenvalue weighted by atomic mass is 19.1. The molecule has 6 rings (SSSR count). The third kappa shape index (κ3) is 5.53. The van der Waals surface area contributed by atoms with E-state index in [1.165, 1.54) is 12.4 Å². The molecule has 2 aromatic heterocycles. The van der Waals surface area contributed by atoms with Crippen molar-refractivity contribution in [3.8, 4) is 28.8 Å². The first-order chi connectivity index (χ1) is 20.7. The van der Waals surface area contributed by atoms with Gasteiger partial charge in [-0.25, -0.2) is 19.0 Å². The van der Waals surface area contributed by atoms with Gasteiger partial charge in [0.05, 0.1) is 11.4 Å². The maximum absolute atomic E-state index is 15.6. The number of anilines is 1. The Morgan fingerprint density at radius 2 is 1.91 bits per heavy atom. The Bertz CT molecular complexity index is 1740. The second-order valence-electron chi connectivity index (χ2n) is 11.5. The lowest BCUT2D eigenvalue weighted by Gasteiger charge is -2.43. The molecule has 0 aliphatic carbocycles. The molecule has 4 heterocycles. The molecular weight excluding hydrogens is 547 g/mol. The summed E-state index contributed by atoms with van der Waals surface area (Å²) in [6, 6.07) is 15.6. The minimum Gasteiger partial charge on any atom is -0.457 e. The molecule has 0 spiro atoms. The molecule has 4 aromatic rings. The van der Waals surface area contributed by atoms with Gasteiger partial charge in [-0.05, 0) is 63.5 Å². The molecule has 1 unspecified atom stereocenters. The van der Waals surface area contributed by atoms with Crippen LogP contribution in [-0.2, 0) is 4.79 Å². The first kappa shape index (κ1) is 28.3. The molecular formula is C32H33FN8O2. The number of nitrogens with zero attached hydrogens (tertiary/aromatic N) is 7. The van der Waals surface area contributed by atoms with E-state index in [4.69, 9.17) is 15.6 Å². The minimum atomic E-state index is -0.530. The molecule has 2 N–H and O–H groups in total. The van der Waals surface area contributed by atoms with Gasteiger partial charge in [0.25, 0.3) is 5.91 Å². The number of piperidine rings is 1. The summed E-state index contributed by atoms with van der Waals surface area (Å²) in [6.45, 7) is 6.80. The van der Waals surface area contributed by atoms with Crippen LogP contribution in [0.5, 0.6) is 11.5 Å². The van der Waals surface area contributed by atoms with Gasteiger partial charge < -0.3 is 15.4 Å². The fraction of sp³-hybridized carbons (Fsp3) is 0.344. The van der Waals surface area contributed by atoms with Crippen LogP contribution in [0.4, 0.5) is 10.2 Å². The van der Waals surface area contributed by atoms with Gasteiger partial charge in [-0.3, -0.25) is 9.69 Å². The zero-order valence-corrected chi connectivity index (χ0v) is 24.2. The van der Waals surface area contributed by atoms with Crippen molar-refractivity contribution in [2.24, 2.45) is 0 Å². The molecule has 2 saturated heterocycles. The van der Waals surface area contributed by atoms with E-state index in [2.05, 4.69) is 20.9 Å². The van der Waals surface area contributed by atoms with E-state index in [9.17, 15) is 10.1 Å². The Labute approximate surface area is 249 Å². The number of likely N-dealkylation sites (tertiary alicyclic amines) is 2. The molecule has 0 bridgehead atoms. The predicted molar refractivity (Wildman–Crippen MR) is 160 cm³/mol. The topological polar surface area (TPSA) is 126 Å². The smallest absolute Gasteiger partial charge is 0.264 e. The average molecular weight is 581 g/mol. The summed E-state index contributed by atoms with van der Waals surface area (Å²) in [5, 5.41) is 15.1. The minimum absolute atomic E-state index is 0.134. The van der Waals surface area contributed by atoms with E-state index >= 15 is 4.39 Å². The Kier molecular flexibility index (Phi) is 7.54. The van der Waals surface area contributed by atoms with Crippen LogP contribution < -0.4 is 10.5 Å². The molecule has 2 fully saturated rings. The van der Waals surface area contributed by atoms with Gasteiger partial charge in [0.2, 0.25) is 0 Å². The molecule has 2 aliphatic heterocycles. The number of ether oxygens (including phenoxy) is 1. The second kappa shape index (κ2) is 11.5. The number of hydrogen-bond acceptors (Lipinski definition) is 8. The number of hydrogen-bond donors (Lipinski definition) is 1. The molecule has 10 nitrogen and oxygen atoms in total. The molecule has 2 aliphatic rings. The van der Waals surface area contributed by atoms with E-state index in [1.54, 1.807) is 39.9 Å². The molecule has 0 saturated carbocycles.